The van der Waals surface area contributed by atoms with Crippen molar-refractivity contribution in [2.45, 2.75) is 0 Å². The first kappa shape index (κ1) is 13.8. The zero-order valence-corrected chi connectivity index (χ0v) is 11.9. The Morgan fingerprint density at radius 3 is 2.36 bits per heavy atom. The summed E-state index contributed by atoms with van der Waals surface area (Å²) in [6, 6.07) is 16.5. The molecule has 3 rings (SSSR count). The average molecular weight is 294 g/mol. The van der Waals surface area contributed by atoms with E-state index in [0.717, 1.165) is 11.4 Å². The fourth-order valence-corrected chi connectivity index (χ4v) is 1.99. The lowest BCUT2D eigenvalue weighted by atomic mass is 10.1. The molecule has 0 saturated carbocycles. The number of nitrogens with one attached hydrogen (secondary N) is 2. The minimum absolute atomic E-state index is 0.265. The normalized spacial score (nSPS) is 10.2. The zero-order valence-electron chi connectivity index (χ0n) is 11.9. The van der Waals surface area contributed by atoms with Gasteiger partial charge in [0.25, 0.3) is 5.56 Å². The predicted octanol–water partition coefficient (Wildman–Crippen LogP) is 2.58. The Balaban J connectivity index is 1.87. The lowest BCUT2D eigenvalue weighted by Crippen LogP contribution is -2.15. The lowest BCUT2D eigenvalue weighted by molar-refractivity contribution is 0.415. The second-order valence-corrected chi connectivity index (χ2v) is 4.57. The van der Waals surface area contributed by atoms with Gasteiger partial charge in [0, 0.05) is 11.3 Å². The van der Waals surface area contributed by atoms with Crippen LogP contribution in [0.4, 0.5) is 11.6 Å². The first-order valence-corrected chi connectivity index (χ1v) is 6.70. The van der Waals surface area contributed by atoms with Gasteiger partial charge in [-0.2, -0.15) is 0 Å². The molecule has 0 aliphatic heterocycles. The number of hydrogen-bond acceptors (Lipinski definition) is 5. The van der Waals surface area contributed by atoms with Gasteiger partial charge in [-0.25, -0.2) is 0 Å². The minimum atomic E-state index is -0.307. The molecule has 0 aliphatic carbocycles. The van der Waals surface area contributed by atoms with Gasteiger partial charge in [0.05, 0.1) is 7.11 Å². The van der Waals surface area contributed by atoms with Crippen molar-refractivity contribution >= 4 is 11.6 Å². The summed E-state index contributed by atoms with van der Waals surface area (Å²) >= 11 is 0. The zero-order chi connectivity index (χ0) is 15.4. The van der Waals surface area contributed by atoms with E-state index in [-0.39, 0.29) is 11.3 Å². The summed E-state index contributed by atoms with van der Waals surface area (Å²) in [5.74, 6) is 1.02. The molecule has 0 bridgehead atoms. The van der Waals surface area contributed by atoms with E-state index in [4.69, 9.17) is 4.74 Å². The van der Waals surface area contributed by atoms with E-state index in [0.29, 0.717) is 11.5 Å². The van der Waals surface area contributed by atoms with Crippen molar-refractivity contribution in [3.8, 4) is 17.0 Å². The number of hydrogen-bond donors (Lipinski definition) is 2. The number of aromatic nitrogens is 3. The molecular formula is C16H14N4O2. The van der Waals surface area contributed by atoms with Crippen LogP contribution in [0, 0.1) is 0 Å². The van der Waals surface area contributed by atoms with Crippen LogP contribution in [0.2, 0.25) is 0 Å². The van der Waals surface area contributed by atoms with Crippen LogP contribution in [0.15, 0.2) is 59.4 Å². The van der Waals surface area contributed by atoms with Crippen molar-refractivity contribution in [2.24, 2.45) is 0 Å². The summed E-state index contributed by atoms with van der Waals surface area (Å²) < 4.78 is 5.09. The Labute approximate surface area is 126 Å². The van der Waals surface area contributed by atoms with Crippen molar-refractivity contribution in [3.05, 3.63) is 65.0 Å². The van der Waals surface area contributed by atoms with E-state index in [1.54, 1.807) is 31.4 Å². The number of methoxy groups -OCH3 is 1. The fourth-order valence-electron chi connectivity index (χ4n) is 1.99. The molecule has 2 N–H and O–H groups in total. The van der Waals surface area contributed by atoms with E-state index in [1.165, 1.54) is 0 Å². The molecule has 22 heavy (non-hydrogen) atoms. The smallest absolute Gasteiger partial charge is 0.279 e. The van der Waals surface area contributed by atoms with Gasteiger partial charge in [0.2, 0.25) is 5.95 Å². The standard InChI is InChI=1S/C16H14N4O2/c1-22-13-9-7-11(8-10-13)14-15(21)18-16(20-19-14)17-12-5-3-2-4-6-12/h2-10H,1H3,(H2,17,18,20,21). The summed E-state index contributed by atoms with van der Waals surface area (Å²) in [6.07, 6.45) is 0. The summed E-state index contributed by atoms with van der Waals surface area (Å²) in [5, 5.41) is 11.0. The molecule has 1 aromatic heterocycles. The maximum atomic E-state index is 12.2. The van der Waals surface area contributed by atoms with E-state index in [2.05, 4.69) is 20.5 Å². The van der Waals surface area contributed by atoms with Crippen molar-refractivity contribution < 1.29 is 4.74 Å². The highest BCUT2D eigenvalue weighted by atomic mass is 16.5. The highest BCUT2D eigenvalue weighted by Gasteiger charge is 2.08. The highest BCUT2D eigenvalue weighted by Crippen LogP contribution is 2.18. The number of rotatable bonds is 4. The molecule has 0 atom stereocenters. The van der Waals surface area contributed by atoms with Crippen LogP contribution in [-0.4, -0.2) is 22.3 Å². The number of nitrogens with zero attached hydrogens (tertiary/aromatic N) is 2. The third kappa shape index (κ3) is 2.95. The van der Waals surface area contributed by atoms with Gasteiger partial charge in [0.15, 0.2) is 5.69 Å². The molecule has 6 heteroatoms. The topological polar surface area (TPSA) is 79.9 Å². The van der Waals surface area contributed by atoms with Gasteiger partial charge in [-0.15, -0.1) is 10.2 Å². The van der Waals surface area contributed by atoms with Gasteiger partial charge < -0.3 is 10.1 Å². The Hall–Kier alpha value is -3.15. The Kier molecular flexibility index (Phi) is 3.82. The van der Waals surface area contributed by atoms with Crippen molar-refractivity contribution in [1.82, 2.24) is 15.2 Å². The van der Waals surface area contributed by atoms with Crippen LogP contribution in [0.1, 0.15) is 0 Å². The van der Waals surface area contributed by atoms with Crippen LogP contribution >= 0.6 is 0 Å². The molecule has 0 fully saturated rings. The number of para-hydroxylation sites is 1. The average Bonchev–Trinajstić information content (AvgIpc) is 2.56. The summed E-state index contributed by atoms with van der Waals surface area (Å²) in [4.78, 5) is 14.8. The van der Waals surface area contributed by atoms with Crippen LogP contribution in [0.25, 0.3) is 11.3 Å². The van der Waals surface area contributed by atoms with E-state index >= 15 is 0 Å². The number of benzene rings is 2. The Bertz CT molecular complexity index is 814. The number of H-pyrrole nitrogens is 1. The monoisotopic (exact) mass is 294 g/mol. The third-order valence-corrected chi connectivity index (χ3v) is 3.10. The van der Waals surface area contributed by atoms with Crippen LogP contribution in [0.3, 0.4) is 0 Å². The molecule has 0 unspecified atom stereocenters. The Morgan fingerprint density at radius 2 is 1.73 bits per heavy atom. The number of ether oxygens (including phenoxy) is 1. The second kappa shape index (κ2) is 6.09. The van der Waals surface area contributed by atoms with E-state index in [9.17, 15) is 4.79 Å². The molecule has 0 radical (unpaired) electrons. The predicted molar refractivity (Wildman–Crippen MR) is 84.4 cm³/mol. The molecule has 6 nitrogen and oxygen atoms in total. The molecule has 110 valence electrons. The first-order valence-electron chi connectivity index (χ1n) is 6.70. The van der Waals surface area contributed by atoms with Crippen molar-refractivity contribution in [2.75, 3.05) is 12.4 Å². The van der Waals surface area contributed by atoms with Crippen LogP contribution < -0.4 is 15.6 Å². The molecule has 1 heterocycles. The Morgan fingerprint density at radius 1 is 1.00 bits per heavy atom. The molecule has 3 aromatic rings. The van der Waals surface area contributed by atoms with Crippen molar-refractivity contribution in [1.29, 1.82) is 0 Å². The molecule has 0 aliphatic rings. The SMILES string of the molecule is COc1ccc(-c2nnc(Nc3ccccc3)[nH]c2=O)cc1. The van der Waals surface area contributed by atoms with E-state index < -0.39 is 0 Å². The van der Waals surface area contributed by atoms with Crippen molar-refractivity contribution in [3.63, 3.8) is 0 Å². The third-order valence-electron chi connectivity index (χ3n) is 3.10. The minimum Gasteiger partial charge on any atom is -0.497 e. The van der Waals surface area contributed by atoms with Gasteiger partial charge in [0.1, 0.15) is 5.75 Å². The number of aromatic amines is 1. The number of anilines is 2. The summed E-state index contributed by atoms with van der Waals surface area (Å²) in [5.41, 5.74) is 1.46. The maximum Gasteiger partial charge on any atom is 0.279 e. The molecule has 0 saturated heterocycles. The van der Waals surface area contributed by atoms with Crippen LogP contribution in [0.5, 0.6) is 5.75 Å². The lowest BCUT2D eigenvalue weighted by Gasteiger charge is -2.05. The molecule has 2 aromatic carbocycles. The van der Waals surface area contributed by atoms with E-state index in [1.807, 2.05) is 30.3 Å². The van der Waals surface area contributed by atoms with Crippen LogP contribution in [-0.2, 0) is 0 Å². The van der Waals surface area contributed by atoms with Gasteiger partial charge in [-0.3, -0.25) is 9.78 Å². The molecule has 0 amide bonds. The summed E-state index contributed by atoms with van der Waals surface area (Å²) in [7, 11) is 1.59. The summed E-state index contributed by atoms with van der Waals surface area (Å²) in [6.45, 7) is 0. The second-order valence-electron chi connectivity index (χ2n) is 4.57. The fraction of sp³-hybridized carbons (Fsp3) is 0.0625. The quantitative estimate of drug-likeness (QED) is 0.773. The molecule has 0 spiro atoms. The maximum absolute atomic E-state index is 12.2. The first-order chi connectivity index (χ1) is 10.8. The van der Waals surface area contributed by atoms with Gasteiger partial charge in [-0.1, -0.05) is 18.2 Å². The molecular weight excluding hydrogens is 280 g/mol. The largest absolute Gasteiger partial charge is 0.497 e. The van der Waals surface area contributed by atoms with Gasteiger partial charge >= 0.3 is 0 Å². The highest BCUT2D eigenvalue weighted by molar-refractivity contribution is 5.59. The van der Waals surface area contributed by atoms with Gasteiger partial charge in [-0.05, 0) is 36.4 Å².